The van der Waals surface area contributed by atoms with Crippen LogP contribution < -0.4 is 20.4 Å². The van der Waals surface area contributed by atoms with Crippen LogP contribution in [0.5, 0.6) is 0 Å². The number of aromatic nitrogens is 2. The van der Waals surface area contributed by atoms with Crippen LogP contribution in [-0.2, 0) is 0 Å². The summed E-state index contributed by atoms with van der Waals surface area (Å²) in [6.07, 6.45) is 0.152. The monoisotopic (exact) mass is 452 g/mol. The lowest BCUT2D eigenvalue weighted by Crippen LogP contribution is -2.42. The molecule has 2 aromatic rings. The first kappa shape index (κ1) is 22.1. The first-order chi connectivity index (χ1) is 15.3. The highest BCUT2D eigenvalue weighted by molar-refractivity contribution is 6.03. The van der Waals surface area contributed by atoms with Crippen LogP contribution in [0.2, 0.25) is 0 Å². The molecule has 172 valence electrons. The van der Waals surface area contributed by atoms with E-state index >= 15 is 0 Å². The molecular weight excluding hydrogens is 428 g/mol. The zero-order valence-electron chi connectivity index (χ0n) is 17.3. The predicted octanol–water partition coefficient (Wildman–Crippen LogP) is 4.64. The van der Waals surface area contributed by atoms with Crippen molar-refractivity contribution in [2.24, 2.45) is 5.92 Å². The summed E-state index contributed by atoms with van der Waals surface area (Å²) in [6.45, 7) is 1.36. The number of halogens is 4. The second kappa shape index (κ2) is 9.17. The van der Waals surface area contributed by atoms with Gasteiger partial charge in [-0.25, -0.2) is 14.2 Å². The molecule has 0 radical (unpaired) electrons. The van der Waals surface area contributed by atoms with E-state index in [1.807, 2.05) is 0 Å². The Morgan fingerprint density at radius 3 is 2.78 bits per heavy atom. The van der Waals surface area contributed by atoms with Crippen molar-refractivity contribution in [3.05, 3.63) is 36.4 Å². The Morgan fingerprint density at radius 1 is 1.16 bits per heavy atom. The van der Waals surface area contributed by atoms with Gasteiger partial charge in [-0.1, -0.05) is 0 Å². The van der Waals surface area contributed by atoms with Crippen molar-refractivity contribution in [3.63, 3.8) is 0 Å². The molecule has 2 N–H and O–H groups in total. The minimum atomic E-state index is -4.26. The molecule has 0 bridgehead atoms. The Labute approximate surface area is 182 Å². The van der Waals surface area contributed by atoms with Crippen LogP contribution in [-0.4, -0.2) is 48.4 Å². The summed E-state index contributed by atoms with van der Waals surface area (Å²) < 4.78 is 53.2. The lowest BCUT2D eigenvalue weighted by molar-refractivity contribution is -0.176. The van der Waals surface area contributed by atoms with Gasteiger partial charge in [-0.15, -0.1) is 0 Å². The van der Waals surface area contributed by atoms with E-state index in [0.717, 1.165) is 18.7 Å². The zero-order valence-corrected chi connectivity index (χ0v) is 17.3. The quantitative estimate of drug-likeness (QED) is 0.650. The maximum atomic E-state index is 13.5. The number of alkyl halides is 3. The Bertz CT molecular complexity index is 970. The minimum absolute atomic E-state index is 0.0999. The van der Waals surface area contributed by atoms with E-state index in [9.17, 15) is 22.4 Å². The Kier molecular flexibility index (Phi) is 6.33. The number of rotatable bonds is 2. The molecule has 0 aliphatic carbocycles. The first-order valence-corrected chi connectivity index (χ1v) is 10.6. The van der Waals surface area contributed by atoms with Crippen molar-refractivity contribution in [2.45, 2.75) is 31.9 Å². The number of nitrogens with one attached hydrogen (secondary N) is 2. The van der Waals surface area contributed by atoms with Crippen LogP contribution >= 0.6 is 0 Å². The summed E-state index contributed by atoms with van der Waals surface area (Å²) in [4.78, 5) is 24.4. The maximum Gasteiger partial charge on any atom is 0.393 e. The van der Waals surface area contributed by atoms with Crippen molar-refractivity contribution >= 4 is 29.0 Å². The lowest BCUT2D eigenvalue weighted by atomic mass is 9.97. The second-order valence-electron chi connectivity index (χ2n) is 7.97. The Hall–Kier alpha value is -3.11. The molecule has 2 aliphatic heterocycles. The van der Waals surface area contributed by atoms with Crippen LogP contribution in [0.15, 0.2) is 30.6 Å². The van der Waals surface area contributed by atoms with Gasteiger partial charge in [0.05, 0.1) is 29.7 Å². The normalized spacial score (nSPS) is 19.4. The molecule has 7 nitrogen and oxygen atoms in total. The average molecular weight is 452 g/mol. The number of pyridine rings is 2. The predicted molar refractivity (Wildman–Crippen MR) is 114 cm³/mol. The number of piperidine rings is 1. The van der Waals surface area contributed by atoms with Gasteiger partial charge in [0.2, 0.25) is 0 Å². The summed E-state index contributed by atoms with van der Waals surface area (Å²) >= 11 is 0. The Morgan fingerprint density at radius 2 is 2.00 bits per heavy atom. The molecule has 4 heterocycles. The van der Waals surface area contributed by atoms with Gasteiger partial charge in [-0.2, -0.15) is 13.2 Å². The third-order valence-electron chi connectivity index (χ3n) is 5.65. The summed E-state index contributed by atoms with van der Waals surface area (Å²) in [6, 6.07) is 4.06. The van der Waals surface area contributed by atoms with E-state index in [1.54, 1.807) is 17.0 Å². The van der Waals surface area contributed by atoms with Gasteiger partial charge >= 0.3 is 12.2 Å². The van der Waals surface area contributed by atoms with E-state index in [4.69, 9.17) is 0 Å². The molecule has 2 aromatic heterocycles. The van der Waals surface area contributed by atoms with Gasteiger partial charge in [-0.05, 0) is 37.8 Å². The smallest absolute Gasteiger partial charge is 0.382 e. The van der Waals surface area contributed by atoms with Gasteiger partial charge < -0.3 is 15.5 Å². The van der Waals surface area contributed by atoms with Gasteiger partial charge in [0.1, 0.15) is 11.6 Å². The van der Waals surface area contributed by atoms with Gasteiger partial charge in [-0.3, -0.25) is 9.88 Å². The van der Waals surface area contributed by atoms with Crippen LogP contribution in [0.25, 0.3) is 0 Å². The molecule has 4 rings (SSSR count). The van der Waals surface area contributed by atoms with Gasteiger partial charge in [0.25, 0.3) is 0 Å². The number of carbonyl (C=O) groups is 1. The molecule has 1 fully saturated rings. The highest BCUT2D eigenvalue weighted by atomic mass is 19.4. The number of nitrogens with zero attached hydrogens (tertiary/aromatic N) is 4. The molecule has 0 spiro atoms. The third-order valence-corrected chi connectivity index (χ3v) is 5.65. The number of urea groups is 1. The molecule has 32 heavy (non-hydrogen) atoms. The maximum absolute atomic E-state index is 13.5. The zero-order chi connectivity index (χ0) is 22.7. The molecular formula is C21H24F4N6O. The SMILES string of the molecule is O=C(Nc1cncc(F)c1)N1CCCCNc2ccc(N3CCCC(C(F)(F)F)C3)nc21. The van der Waals surface area contributed by atoms with Crippen molar-refractivity contribution in [1.29, 1.82) is 0 Å². The summed E-state index contributed by atoms with van der Waals surface area (Å²) in [5.74, 6) is -1.26. The van der Waals surface area contributed by atoms with Crippen LogP contribution in [0.3, 0.4) is 0 Å². The first-order valence-electron chi connectivity index (χ1n) is 10.6. The minimum Gasteiger partial charge on any atom is -0.382 e. The molecule has 0 aromatic carbocycles. The number of hydrogen-bond acceptors (Lipinski definition) is 5. The molecule has 1 saturated heterocycles. The average Bonchev–Trinajstić information content (AvgIpc) is 2.74. The molecule has 1 atom stereocenters. The lowest BCUT2D eigenvalue weighted by Gasteiger charge is -2.35. The highest BCUT2D eigenvalue weighted by Crippen LogP contribution is 2.36. The van der Waals surface area contributed by atoms with E-state index in [1.165, 1.54) is 11.1 Å². The molecule has 0 saturated carbocycles. The third kappa shape index (κ3) is 5.03. The topological polar surface area (TPSA) is 73.4 Å². The van der Waals surface area contributed by atoms with Crippen molar-refractivity contribution in [1.82, 2.24) is 9.97 Å². The largest absolute Gasteiger partial charge is 0.393 e. The fourth-order valence-electron chi connectivity index (χ4n) is 4.00. The number of amides is 2. The van der Waals surface area contributed by atoms with Crippen LogP contribution in [0, 0.1) is 11.7 Å². The number of fused-ring (bicyclic) bond motifs is 1. The van der Waals surface area contributed by atoms with Crippen molar-refractivity contribution < 1.29 is 22.4 Å². The van der Waals surface area contributed by atoms with Crippen LogP contribution in [0.4, 0.5) is 45.4 Å². The fourth-order valence-corrected chi connectivity index (χ4v) is 4.00. The van der Waals surface area contributed by atoms with Crippen molar-refractivity contribution in [3.8, 4) is 0 Å². The second-order valence-corrected chi connectivity index (χ2v) is 7.97. The van der Waals surface area contributed by atoms with E-state index in [0.29, 0.717) is 49.8 Å². The number of carbonyl (C=O) groups excluding carboxylic acids is 1. The molecule has 2 amide bonds. The van der Waals surface area contributed by atoms with E-state index in [-0.39, 0.29) is 18.7 Å². The summed E-state index contributed by atoms with van der Waals surface area (Å²) in [7, 11) is 0. The summed E-state index contributed by atoms with van der Waals surface area (Å²) in [5, 5.41) is 5.85. The molecule has 1 unspecified atom stereocenters. The van der Waals surface area contributed by atoms with Crippen molar-refractivity contribution in [2.75, 3.05) is 46.6 Å². The molecule has 2 aliphatic rings. The number of anilines is 4. The van der Waals surface area contributed by atoms with E-state index < -0.39 is 23.9 Å². The van der Waals surface area contributed by atoms with Gasteiger partial charge in [0, 0.05) is 32.2 Å². The Balaban J connectivity index is 1.61. The summed E-state index contributed by atoms with van der Waals surface area (Å²) in [5.41, 5.74) is 0.817. The number of hydrogen-bond donors (Lipinski definition) is 2. The van der Waals surface area contributed by atoms with Gasteiger partial charge in [0.15, 0.2) is 5.82 Å². The van der Waals surface area contributed by atoms with Crippen LogP contribution in [0.1, 0.15) is 25.7 Å². The fraction of sp³-hybridized carbons (Fsp3) is 0.476. The van der Waals surface area contributed by atoms with E-state index in [2.05, 4.69) is 20.6 Å². The highest BCUT2D eigenvalue weighted by Gasteiger charge is 2.42. The standard InChI is InChI=1S/C21H24F4N6O/c22-15-10-16(12-26-11-15)28-20(32)31-9-2-1-7-27-17-5-6-18(29-19(17)31)30-8-3-4-14(13-30)21(23,24)25/h5-6,10-12,14,27H,1-4,7-9,13H2,(H,28,32). The molecule has 11 heteroatoms.